The first-order valence-electron chi connectivity index (χ1n) is 9.05. The summed E-state index contributed by atoms with van der Waals surface area (Å²) in [5, 5.41) is 3.55. The molecule has 0 saturated carbocycles. The summed E-state index contributed by atoms with van der Waals surface area (Å²) in [6.45, 7) is 3.89. The number of amides is 1. The molecule has 6 nitrogen and oxygen atoms in total. The van der Waals surface area contributed by atoms with Gasteiger partial charge < -0.3 is 19.2 Å². The molecule has 1 amide bonds. The first-order valence-corrected chi connectivity index (χ1v) is 9.05. The van der Waals surface area contributed by atoms with Gasteiger partial charge in [-0.3, -0.25) is 4.79 Å². The molecular formula is C22H23NO5. The number of ether oxygens (including phenoxy) is 2. The average molecular weight is 381 g/mol. The number of methoxy groups -OCH3 is 1. The van der Waals surface area contributed by atoms with E-state index in [0.717, 1.165) is 10.9 Å². The molecule has 3 rings (SSSR count). The Morgan fingerprint density at radius 1 is 1.14 bits per heavy atom. The van der Waals surface area contributed by atoms with Crippen LogP contribution in [0.3, 0.4) is 0 Å². The summed E-state index contributed by atoms with van der Waals surface area (Å²) < 4.78 is 15.9. The molecule has 0 saturated heterocycles. The highest BCUT2D eigenvalue weighted by Crippen LogP contribution is 2.29. The molecule has 0 aliphatic carbocycles. The van der Waals surface area contributed by atoms with Gasteiger partial charge in [0.25, 0.3) is 5.91 Å². The Labute approximate surface area is 163 Å². The third-order valence-corrected chi connectivity index (χ3v) is 4.64. The zero-order chi connectivity index (χ0) is 20.1. The largest absolute Gasteiger partial charge is 0.497 e. The maximum atomic E-state index is 12.3. The van der Waals surface area contributed by atoms with Crippen LogP contribution in [0.1, 0.15) is 34.5 Å². The molecule has 146 valence electrons. The van der Waals surface area contributed by atoms with E-state index in [1.54, 1.807) is 32.2 Å². The number of aryl methyl sites for hydroxylation is 1. The number of furan rings is 1. The maximum absolute atomic E-state index is 12.3. The van der Waals surface area contributed by atoms with Gasteiger partial charge in [0.2, 0.25) is 5.76 Å². The lowest BCUT2D eigenvalue weighted by Gasteiger charge is -2.13. The Morgan fingerprint density at radius 2 is 1.89 bits per heavy atom. The maximum Gasteiger partial charge on any atom is 0.375 e. The normalized spacial score (nSPS) is 11.8. The van der Waals surface area contributed by atoms with E-state index in [-0.39, 0.29) is 24.2 Å². The summed E-state index contributed by atoms with van der Waals surface area (Å²) in [6, 6.07) is 15.2. The summed E-state index contributed by atoms with van der Waals surface area (Å²) in [5.41, 5.74) is 2.34. The SMILES string of the molecule is COc1ccc2oc(C(=O)OCC(=O)NC[C@H](C)c3ccccc3)c(C)c2c1. The lowest BCUT2D eigenvalue weighted by molar-refractivity contribution is -0.124. The van der Waals surface area contributed by atoms with E-state index < -0.39 is 5.97 Å². The lowest BCUT2D eigenvalue weighted by Crippen LogP contribution is -2.31. The van der Waals surface area contributed by atoms with Crippen LogP contribution >= 0.6 is 0 Å². The van der Waals surface area contributed by atoms with Gasteiger partial charge in [0, 0.05) is 17.5 Å². The first-order chi connectivity index (χ1) is 13.5. The van der Waals surface area contributed by atoms with Crippen LogP contribution in [0.5, 0.6) is 5.75 Å². The zero-order valence-electron chi connectivity index (χ0n) is 16.2. The molecule has 1 heterocycles. The van der Waals surface area contributed by atoms with Crippen LogP contribution in [0.15, 0.2) is 52.9 Å². The summed E-state index contributed by atoms with van der Waals surface area (Å²) in [5.74, 6) is -0.101. The van der Waals surface area contributed by atoms with E-state index in [4.69, 9.17) is 13.9 Å². The number of hydrogen-bond acceptors (Lipinski definition) is 5. The van der Waals surface area contributed by atoms with E-state index in [2.05, 4.69) is 5.32 Å². The number of carbonyl (C=O) groups excluding carboxylic acids is 2. The Morgan fingerprint density at radius 3 is 2.61 bits per heavy atom. The molecule has 28 heavy (non-hydrogen) atoms. The van der Waals surface area contributed by atoms with E-state index in [1.807, 2.05) is 37.3 Å². The predicted molar refractivity (Wildman–Crippen MR) is 106 cm³/mol. The fourth-order valence-corrected chi connectivity index (χ4v) is 2.94. The molecule has 6 heteroatoms. The van der Waals surface area contributed by atoms with Gasteiger partial charge in [0.15, 0.2) is 6.61 Å². The van der Waals surface area contributed by atoms with Crippen LogP contribution in [0, 0.1) is 6.92 Å². The Kier molecular flexibility index (Phi) is 5.99. The smallest absolute Gasteiger partial charge is 0.375 e. The van der Waals surface area contributed by atoms with Crippen LogP contribution < -0.4 is 10.1 Å². The van der Waals surface area contributed by atoms with Gasteiger partial charge in [0.1, 0.15) is 11.3 Å². The second-order valence-electron chi connectivity index (χ2n) is 6.61. The lowest BCUT2D eigenvalue weighted by atomic mass is 10.0. The fraction of sp³-hybridized carbons (Fsp3) is 0.273. The van der Waals surface area contributed by atoms with Gasteiger partial charge in [0.05, 0.1) is 7.11 Å². The van der Waals surface area contributed by atoms with Gasteiger partial charge in [-0.1, -0.05) is 37.3 Å². The second kappa shape index (κ2) is 8.61. The van der Waals surface area contributed by atoms with E-state index in [9.17, 15) is 9.59 Å². The minimum Gasteiger partial charge on any atom is -0.497 e. The third kappa shape index (κ3) is 4.34. The predicted octanol–water partition coefficient (Wildman–Crippen LogP) is 3.83. The second-order valence-corrected chi connectivity index (χ2v) is 6.61. The van der Waals surface area contributed by atoms with Gasteiger partial charge >= 0.3 is 5.97 Å². The summed E-state index contributed by atoms with van der Waals surface area (Å²) in [7, 11) is 1.57. The zero-order valence-corrected chi connectivity index (χ0v) is 16.2. The molecule has 0 aliphatic rings. The van der Waals surface area contributed by atoms with Gasteiger partial charge in [-0.25, -0.2) is 4.79 Å². The number of nitrogens with one attached hydrogen (secondary N) is 1. The number of fused-ring (bicyclic) bond motifs is 1. The molecule has 1 N–H and O–H groups in total. The Bertz CT molecular complexity index is 977. The number of carbonyl (C=O) groups is 2. The molecule has 0 unspecified atom stereocenters. The molecule has 2 aromatic carbocycles. The van der Waals surface area contributed by atoms with Gasteiger partial charge in [-0.15, -0.1) is 0 Å². The molecule has 1 atom stereocenters. The van der Waals surface area contributed by atoms with Crippen LogP contribution in [0.25, 0.3) is 11.0 Å². The Balaban J connectivity index is 1.56. The topological polar surface area (TPSA) is 77.8 Å². The van der Waals surface area contributed by atoms with Crippen molar-refractivity contribution in [3.05, 3.63) is 65.4 Å². The van der Waals surface area contributed by atoms with Crippen molar-refractivity contribution in [1.29, 1.82) is 0 Å². The van der Waals surface area contributed by atoms with E-state index >= 15 is 0 Å². The van der Waals surface area contributed by atoms with Crippen molar-refractivity contribution in [3.8, 4) is 5.75 Å². The molecular weight excluding hydrogens is 358 g/mol. The van der Waals surface area contributed by atoms with Crippen molar-refractivity contribution in [2.45, 2.75) is 19.8 Å². The van der Waals surface area contributed by atoms with Crippen molar-refractivity contribution in [2.24, 2.45) is 0 Å². The van der Waals surface area contributed by atoms with Crippen LogP contribution in [0.4, 0.5) is 0 Å². The average Bonchev–Trinajstić information content (AvgIpc) is 3.06. The van der Waals surface area contributed by atoms with Crippen LogP contribution in [-0.4, -0.2) is 32.1 Å². The molecule has 3 aromatic rings. The van der Waals surface area contributed by atoms with Crippen molar-refractivity contribution in [3.63, 3.8) is 0 Å². The highest BCUT2D eigenvalue weighted by molar-refractivity contribution is 5.97. The quantitative estimate of drug-likeness (QED) is 0.630. The molecule has 0 bridgehead atoms. The first kappa shape index (κ1) is 19.5. The molecule has 0 aliphatic heterocycles. The molecule has 0 fully saturated rings. The van der Waals surface area contributed by atoms with Crippen molar-refractivity contribution in [1.82, 2.24) is 5.32 Å². The van der Waals surface area contributed by atoms with E-state index in [0.29, 0.717) is 23.4 Å². The summed E-state index contributed by atoms with van der Waals surface area (Å²) in [4.78, 5) is 24.3. The summed E-state index contributed by atoms with van der Waals surface area (Å²) in [6.07, 6.45) is 0. The van der Waals surface area contributed by atoms with Crippen LogP contribution in [-0.2, 0) is 9.53 Å². The number of esters is 1. The summed E-state index contributed by atoms with van der Waals surface area (Å²) >= 11 is 0. The van der Waals surface area contributed by atoms with Gasteiger partial charge in [-0.05, 0) is 36.6 Å². The van der Waals surface area contributed by atoms with E-state index in [1.165, 1.54) is 0 Å². The van der Waals surface area contributed by atoms with Crippen molar-refractivity contribution < 1.29 is 23.5 Å². The third-order valence-electron chi connectivity index (χ3n) is 4.64. The van der Waals surface area contributed by atoms with Crippen LogP contribution in [0.2, 0.25) is 0 Å². The highest BCUT2D eigenvalue weighted by atomic mass is 16.5. The number of rotatable bonds is 7. The standard InChI is InChI=1S/C22H23NO5/c1-14(16-7-5-4-6-8-16)12-23-20(24)13-27-22(25)21-15(2)18-11-17(26-3)9-10-19(18)28-21/h4-11,14H,12-13H2,1-3H3,(H,23,24)/t14-/m0/s1. The monoisotopic (exact) mass is 381 g/mol. The minimum absolute atomic E-state index is 0.0914. The number of hydrogen-bond donors (Lipinski definition) is 1. The van der Waals surface area contributed by atoms with Crippen molar-refractivity contribution >= 4 is 22.8 Å². The minimum atomic E-state index is -0.668. The van der Waals surface area contributed by atoms with Gasteiger partial charge in [-0.2, -0.15) is 0 Å². The number of benzene rings is 2. The fourth-order valence-electron chi connectivity index (χ4n) is 2.94. The Hall–Kier alpha value is -3.28. The highest BCUT2D eigenvalue weighted by Gasteiger charge is 2.20. The molecule has 0 spiro atoms. The molecule has 1 aromatic heterocycles. The molecule has 0 radical (unpaired) electrons. The van der Waals surface area contributed by atoms with Crippen molar-refractivity contribution in [2.75, 3.05) is 20.3 Å².